The number of carboxylic acid groups (broad SMARTS) is 1. The molecular weight excluding hydrogens is 303 g/mol. The summed E-state index contributed by atoms with van der Waals surface area (Å²) in [5.41, 5.74) is 0.152. The predicted octanol–water partition coefficient (Wildman–Crippen LogP) is 1.39. The van der Waals surface area contributed by atoms with Crippen LogP contribution in [0, 0.1) is 3.57 Å². The van der Waals surface area contributed by atoms with Crippen LogP contribution < -0.4 is 0 Å². The Morgan fingerprint density at radius 1 is 1.67 bits per heavy atom. The van der Waals surface area contributed by atoms with Crippen molar-refractivity contribution < 1.29 is 9.90 Å². The fourth-order valence-electron chi connectivity index (χ4n) is 0.538. The Hall–Kier alpha value is 0.640. The Morgan fingerprint density at radius 3 is 2.67 bits per heavy atom. The summed E-state index contributed by atoms with van der Waals surface area (Å²) in [6.07, 6.45) is 1.23. The van der Waals surface area contributed by atoms with E-state index in [4.69, 9.17) is 16.7 Å². The summed E-state index contributed by atoms with van der Waals surface area (Å²) < 4.78 is 0.643. The molecule has 0 aromatic carbocycles. The summed E-state index contributed by atoms with van der Waals surface area (Å²) in [5.74, 6) is -0.993. The number of pyridine rings is 1. The van der Waals surface area contributed by atoms with E-state index in [9.17, 15) is 4.79 Å². The van der Waals surface area contributed by atoms with Gasteiger partial charge in [0.2, 0.25) is 0 Å². The quantitative estimate of drug-likeness (QED) is 0.484. The topological polar surface area (TPSA) is 50.2 Å². The van der Waals surface area contributed by atoms with Crippen LogP contribution >= 0.6 is 34.2 Å². The van der Waals surface area contributed by atoms with Crippen molar-refractivity contribution in [1.29, 1.82) is 0 Å². The maximum absolute atomic E-state index is 10.4. The Morgan fingerprint density at radius 2 is 2.25 bits per heavy atom. The van der Waals surface area contributed by atoms with Gasteiger partial charge in [0, 0.05) is 6.20 Å². The summed E-state index contributed by atoms with van der Waals surface area (Å²) in [7, 11) is 0. The molecule has 0 radical (unpaired) electrons. The number of rotatable bonds is 1. The van der Waals surface area contributed by atoms with Crippen molar-refractivity contribution in [3.8, 4) is 0 Å². The molecule has 0 fully saturated rings. The SMILES string of the molecule is O=C(O)c1cnc(Cl)c(I)c1.[NaH]. The van der Waals surface area contributed by atoms with Crippen molar-refractivity contribution in [3.05, 3.63) is 26.5 Å². The number of carbonyl (C=O) groups is 1. The first-order chi connectivity index (χ1) is 5.11. The fraction of sp³-hybridized carbons (Fsp3) is 0. The molecule has 0 bridgehead atoms. The van der Waals surface area contributed by atoms with Crippen LogP contribution in [0.15, 0.2) is 12.3 Å². The first kappa shape index (κ1) is 12.6. The van der Waals surface area contributed by atoms with Crippen LogP contribution in [-0.2, 0) is 0 Å². The molecule has 1 aromatic rings. The molecule has 0 saturated carbocycles. The Labute approximate surface area is 110 Å². The average Bonchev–Trinajstić information content (AvgIpc) is 1.94. The Bertz CT molecular complexity index is 308. The van der Waals surface area contributed by atoms with Gasteiger partial charge in [-0.1, -0.05) is 11.6 Å². The molecule has 0 aliphatic heterocycles. The third kappa shape index (κ3) is 3.18. The fourth-order valence-corrected chi connectivity index (χ4v) is 1.12. The van der Waals surface area contributed by atoms with E-state index in [1.807, 2.05) is 22.6 Å². The summed E-state index contributed by atoms with van der Waals surface area (Å²) in [6.45, 7) is 0. The van der Waals surface area contributed by atoms with Gasteiger partial charge in [-0.15, -0.1) is 0 Å². The van der Waals surface area contributed by atoms with Gasteiger partial charge in [-0.2, -0.15) is 0 Å². The van der Waals surface area contributed by atoms with Gasteiger partial charge in [0.05, 0.1) is 9.13 Å². The van der Waals surface area contributed by atoms with E-state index in [0.717, 1.165) is 0 Å². The predicted molar refractivity (Wildman–Crippen MR) is 56.1 cm³/mol. The maximum atomic E-state index is 10.4. The third-order valence-electron chi connectivity index (χ3n) is 1.04. The van der Waals surface area contributed by atoms with E-state index in [1.165, 1.54) is 12.3 Å². The van der Waals surface area contributed by atoms with Crippen molar-refractivity contribution in [2.75, 3.05) is 0 Å². The van der Waals surface area contributed by atoms with E-state index in [-0.39, 0.29) is 35.1 Å². The zero-order valence-corrected chi connectivity index (χ0v) is 8.13. The van der Waals surface area contributed by atoms with Gasteiger partial charge in [-0.25, -0.2) is 9.78 Å². The Kier molecular flexibility index (Phi) is 5.67. The van der Waals surface area contributed by atoms with Crippen LogP contribution in [0.2, 0.25) is 5.15 Å². The number of aromatic carboxylic acids is 1. The minimum absolute atomic E-state index is 0. The van der Waals surface area contributed by atoms with Crippen molar-refractivity contribution >= 4 is 69.7 Å². The van der Waals surface area contributed by atoms with Gasteiger partial charge in [-0.3, -0.25) is 0 Å². The van der Waals surface area contributed by atoms with E-state index < -0.39 is 5.97 Å². The normalized spacial score (nSPS) is 8.83. The number of carboxylic acids is 1. The van der Waals surface area contributed by atoms with Gasteiger partial charge in [0.15, 0.2) is 0 Å². The zero-order chi connectivity index (χ0) is 8.43. The number of aromatic nitrogens is 1. The van der Waals surface area contributed by atoms with Gasteiger partial charge >= 0.3 is 35.5 Å². The molecule has 1 heterocycles. The molecule has 0 aliphatic carbocycles. The monoisotopic (exact) mass is 307 g/mol. The molecule has 1 N–H and O–H groups in total. The zero-order valence-electron chi connectivity index (χ0n) is 5.21. The molecule has 1 aromatic heterocycles. The number of hydrogen-bond donors (Lipinski definition) is 1. The van der Waals surface area contributed by atoms with E-state index in [1.54, 1.807) is 0 Å². The number of halogens is 2. The molecule has 0 aliphatic rings. The van der Waals surface area contributed by atoms with Gasteiger partial charge in [0.1, 0.15) is 5.15 Å². The van der Waals surface area contributed by atoms with E-state index >= 15 is 0 Å². The molecule has 1 rings (SSSR count). The van der Waals surface area contributed by atoms with Gasteiger partial charge in [-0.05, 0) is 28.7 Å². The minimum atomic E-state index is -0.993. The second-order valence-corrected chi connectivity index (χ2v) is 3.32. The summed E-state index contributed by atoms with van der Waals surface area (Å²) in [5, 5.41) is 8.84. The van der Waals surface area contributed by atoms with Crippen molar-refractivity contribution in [2.24, 2.45) is 0 Å². The van der Waals surface area contributed by atoms with Crippen LogP contribution in [0.25, 0.3) is 0 Å². The van der Waals surface area contributed by atoms with E-state index in [0.29, 0.717) is 8.72 Å². The van der Waals surface area contributed by atoms with Crippen LogP contribution in [0.5, 0.6) is 0 Å². The Balaban J connectivity index is 0.00000121. The van der Waals surface area contributed by atoms with Crippen LogP contribution in [0.3, 0.4) is 0 Å². The third-order valence-corrected chi connectivity index (χ3v) is 2.49. The van der Waals surface area contributed by atoms with Crippen molar-refractivity contribution in [2.45, 2.75) is 0 Å². The molecule has 0 atom stereocenters. The number of hydrogen-bond acceptors (Lipinski definition) is 2. The van der Waals surface area contributed by atoms with Crippen LogP contribution in [-0.4, -0.2) is 45.6 Å². The second-order valence-electron chi connectivity index (χ2n) is 1.80. The average molecular weight is 307 g/mol. The van der Waals surface area contributed by atoms with E-state index in [2.05, 4.69) is 4.98 Å². The molecule has 0 saturated heterocycles. The molecule has 0 amide bonds. The van der Waals surface area contributed by atoms with Gasteiger partial charge < -0.3 is 5.11 Å². The molecule has 12 heavy (non-hydrogen) atoms. The van der Waals surface area contributed by atoms with Crippen molar-refractivity contribution in [3.63, 3.8) is 0 Å². The summed E-state index contributed by atoms with van der Waals surface area (Å²) in [4.78, 5) is 14.1. The van der Waals surface area contributed by atoms with Crippen molar-refractivity contribution in [1.82, 2.24) is 4.98 Å². The summed E-state index contributed by atoms with van der Waals surface area (Å²) in [6, 6.07) is 1.47. The molecule has 6 heteroatoms. The molecule has 3 nitrogen and oxygen atoms in total. The van der Waals surface area contributed by atoms with Gasteiger partial charge in [0.25, 0.3) is 0 Å². The second kappa shape index (κ2) is 5.39. The molecule has 60 valence electrons. The molecular formula is C6H4ClINNaO2. The number of nitrogens with zero attached hydrogens (tertiary/aromatic N) is 1. The van der Waals surface area contributed by atoms with Crippen LogP contribution in [0.1, 0.15) is 10.4 Å². The first-order valence-electron chi connectivity index (χ1n) is 2.65. The molecule has 0 spiro atoms. The summed E-state index contributed by atoms with van der Waals surface area (Å²) >= 11 is 7.50. The van der Waals surface area contributed by atoms with Crippen LogP contribution in [0.4, 0.5) is 0 Å². The first-order valence-corrected chi connectivity index (χ1v) is 4.11. The molecule has 0 unspecified atom stereocenters. The standard InChI is InChI=1S/C6H3ClINO2.Na.H/c7-5-4(8)1-3(2-9-5)6(10)11;;/h1-2H,(H,10,11);;.